The molecule has 0 saturated heterocycles. The smallest absolute Gasteiger partial charge is 0.156 e. The number of hydrogen-bond donors (Lipinski definition) is 2. The summed E-state index contributed by atoms with van der Waals surface area (Å²) in [5, 5.41) is 0. The summed E-state index contributed by atoms with van der Waals surface area (Å²) in [5.74, 6) is 5.82. The van der Waals surface area contributed by atoms with Crippen molar-refractivity contribution < 1.29 is 4.58 Å². The zero-order valence-electron chi connectivity index (χ0n) is 8.67. The second-order valence-electron chi connectivity index (χ2n) is 3.68. The Kier molecular flexibility index (Phi) is 5.93. The number of hydrazine groups is 1. The number of nitrogens with zero attached hydrogens (tertiary/aromatic N) is 1. The molecule has 3 N–H and O–H groups in total. The molecule has 0 radical (unpaired) electrons. The molecule has 0 aromatic rings. The van der Waals surface area contributed by atoms with Crippen LogP contribution in [0.1, 0.15) is 27.7 Å². The van der Waals surface area contributed by atoms with Crippen molar-refractivity contribution in [2.24, 2.45) is 11.8 Å². The molecule has 0 unspecified atom stereocenters. The minimum Gasteiger partial charge on any atom is -0.271 e. The molecule has 0 amide bonds. The monoisotopic (exact) mass is 172 g/mol. The van der Waals surface area contributed by atoms with Gasteiger partial charge in [-0.25, -0.2) is 4.58 Å². The molecule has 0 fully saturated rings. The third-order valence-electron chi connectivity index (χ3n) is 1.67. The maximum absolute atomic E-state index is 5.22. The molecule has 0 atom stereocenters. The number of nitrogens with two attached hydrogens (primary N) is 1. The normalized spacial score (nSPS) is 13.1. The van der Waals surface area contributed by atoms with Crippen LogP contribution < -0.4 is 11.3 Å². The van der Waals surface area contributed by atoms with Crippen molar-refractivity contribution in [2.75, 3.05) is 13.1 Å². The average molecular weight is 172 g/mol. The molecule has 0 aromatic carbocycles. The first-order chi connectivity index (χ1) is 5.57. The predicted molar refractivity (Wildman–Crippen MR) is 53.4 cm³/mol. The largest absolute Gasteiger partial charge is 0.271 e. The van der Waals surface area contributed by atoms with E-state index < -0.39 is 0 Å². The van der Waals surface area contributed by atoms with Crippen LogP contribution in [0, 0.1) is 5.92 Å². The molecule has 72 valence electrons. The van der Waals surface area contributed by atoms with E-state index >= 15 is 0 Å². The van der Waals surface area contributed by atoms with E-state index in [1.807, 2.05) is 0 Å². The molecule has 0 saturated carbocycles. The van der Waals surface area contributed by atoms with Gasteiger partial charge in [-0.2, -0.15) is 0 Å². The van der Waals surface area contributed by atoms with Gasteiger partial charge in [0.2, 0.25) is 0 Å². The summed E-state index contributed by atoms with van der Waals surface area (Å²) in [6.45, 7) is 10.6. The van der Waals surface area contributed by atoms with Crippen molar-refractivity contribution >= 4 is 6.21 Å². The van der Waals surface area contributed by atoms with Crippen molar-refractivity contribution in [2.45, 2.75) is 33.7 Å². The standard InChI is InChI=1S/C9H22N3/c1-8(2)7-12(9(3)4)6-5-11-10/h7-9,11H,5-6,10H2,1-4H3/q+1. The lowest BCUT2D eigenvalue weighted by Crippen LogP contribution is -2.34. The highest BCUT2D eigenvalue weighted by Crippen LogP contribution is 1.91. The summed E-state index contributed by atoms with van der Waals surface area (Å²) < 4.78 is 2.31. The van der Waals surface area contributed by atoms with E-state index in [1.54, 1.807) is 0 Å². The molecule has 0 rings (SSSR count). The van der Waals surface area contributed by atoms with Crippen molar-refractivity contribution in [1.29, 1.82) is 0 Å². The lowest BCUT2D eigenvalue weighted by atomic mass is 10.2. The fourth-order valence-electron chi connectivity index (χ4n) is 1.08. The van der Waals surface area contributed by atoms with Crippen molar-refractivity contribution in [3.63, 3.8) is 0 Å². The van der Waals surface area contributed by atoms with Gasteiger partial charge in [0, 0.05) is 5.92 Å². The number of rotatable bonds is 5. The molecule has 0 aliphatic rings. The maximum Gasteiger partial charge on any atom is 0.156 e. The molecule has 0 aliphatic heterocycles. The van der Waals surface area contributed by atoms with Gasteiger partial charge in [-0.05, 0) is 13.8 Å². The van der Waals surface area contributed by atoms with Crippen molar-refractivity contribution in [3.8, 4) is 0 Å². The Bertz CT molecular complexity index is 139. The molecule has 0 spiro atoms. The van der Waals surface area contributed by atoms with Crippen LogP contribution in [0.4, 0.5) is 0 Å². The molecule has 0 heterocycles. The summed E-state index contributed by atoms with van der Waals surface area (Å²) in [6, 6.07) is 0.556. The minimum atomic E-state index is 0.556. The fraction of sp³-hybridized carbons (Fsp3) is 0.889. The third kappa shape index (κ3) is 5.27. The van der Waals surface area contributed by atoms with Gasteiger partial charge < -0.3 is 0 Å². The lowest BCUT2D eigenvalue weighted by molar-refractivity contribution is -0.554. The quantitative estimate of drug-likeness (QED) is 0.276. The Balaban J connectivity index is 4.04. The number of nitrogens with one attached hydrogen (secondary N) is 1. The van der Waals surface area contributed by atoms with E-state index in [1.165, 1.54) is 0 Å². The Hall–Kier alpha value is -0.410. The van der Waals surface area contributed by atoms with E-state index in [0.29, 0.717) is 12.0 Å². The zero-order chi connectivity index (χ0) is 9.56. The van der Waals surface area contributed by atoms with Gasteiger partial charge in [-0.3, -0.25) is 11.3 Å². The first-order valence-corrected chi connectivity index (χ1v) is 4.62. The van der Waals surface area contributed by atoms with E-state index in [4.69, 9.17) is 5.84 Å². The highest BCUT2D eigenvalue weighted by atomic mass is 15.2. The zero-order valence-corrected chi connectivity index (χ0v) is 8.67. The van der Waals surface area contributed by atoms with E-state index in [2.05, 4.69) is 43.9 Å². The maximum atomic E-state index is 5.22. The summed E-state index contributed by atoms with van der Waals surface area (Å²) in [4.78, 5) is 0. The minimum absolute atomic E-state index is 0.556. The molecular formula is C9H22N3+. The van der Waals surface area contributed by atoms with Gasteiger partial charge in [0.05, 0.1) is 6.54 Å². The van der Waals surface area contributed by atoms with Crippen molar-refractivity contribution in [1.82, 2.24) is 5.43 Å². The highest BCUT2D eigenvalue weighted by Gasteiger charge is 2.08. The van der Waals surface area contributed by atoms with Gasteiger partial charge in [0.15, 0.2) is 6.54 Å². The van der Waals surface area contributed by atoms with Crippen LogP contribution in [0.2, 0.25) is 0 Å². The van der Waals surface area contributed by atoms with E-state index in [-0.39, 0.29) is 0 Å². The first kappa shape index (κ1) is 11.6. The molecular weight excluding hydrogens is 150 g/mol. The predicted octanol–water partition coefficient (Wildman–Crippen LogP) is 0.597. The Morgan fingerprint density at radius 3 is 2.25 bits per heavy atom. The molecule has 3 nitrogen and oxygen atoms in total. The van der Waals surface area contributed by atoms with Crippen LogP contribution in [-0.2, 0) is 0 Å². The highest BCUT2D eigenvalue weighted by molar-refractivity contribution is 5.53. The van der Waals surface area contributed by atoms with Crippen molar-refractivity contribution in [3.05, 3.63) is 0 Å². The Labute approximate surface area is 75.6 Å². The van der Waals surface area contributed by atoms with Crippen LogP contribution in [0.3, 0.4) is 0 Å². The van der Waals surface area contributed by atoms with Gasteiger partial charge in [-0.1, -0.05) is 13.8 Å². The van der Waals surface area contributed by atoms with Gasteiger partial charge in [0.1, 0.15) is 12.3 Å². The topological polar surface area (TPSA) is 41.1 Å². The van der Waals surface area contributed by atoms with Gasteiger partial charge >= 0.3 is 0 Å². The summed E-state index contributed by atoms with van der Waals surface area (Å²) in [5.41, 5.74) is 2.66. The number of hydrogen-bond acceptors (Lipinski definition) is 2. The molecule has 12 heavy (non-hydrogen) atoms. The fourth-order valence-corrected chi connectivity index (χ4v) is 1.08. The van der Waals surface area contributed by atoms with E-state index in [9.17, 15) is 0 Å². The molecule has 0 bridgehead atoms. The van der Waals surface area contributed by atoms with Crippen LogP contribution in [0.25, 0.3) is 0 Å². The van der Waals surface area contributed by atoms with Crippen LogP contribution >= 0.6 is 0 Å². The summed E-state index contributed by atoms with van der Waals surface area (Å²) in [6.07, 6.45) is 2.25. The summed E-state index contributed by atoms with van der Waals surface area (Å²) >= 11 is 0. The van der Waals surface area contributed by atoms with Gasteiger partial charge in [-0.15, -0.1) is 0 Å². The SMILES string of the molecule is CC(C)C=[N+](CCNN)C(C)C. The van der Waals surface area contributed by atoms with Gasteiger partial charge in [0.25, 0.3) is 0 Å². The second kappa shape index (κ2) is 6.14. The Morgan fingerprint density at radius 1 is 1.33 bits per heavy atom. The Morgan fingerprint density at radius 2 is 1.92 bits per heavy atom. The van der Waals surface area contributed by atoms with Crippen LogP contribution in [0.15, 0.2) is 0 Å². The van der Waals surface area contributed by atoms with Crippen LogP contribution in [-0.4, -0.2) is 29.9 Å². The summed E-state index contributed by atoms with van der Waals surface area (Å²) in [7, 11) is 0. The average Bonchev–Trinajstić information content (AvgIpc) is 1.96. The van der Waals surface area contributed by atoms with Crippen LogP contribution in [0.5, 0.6) is 0 Å². The van der Waals surface area contributed by atoms with E-state index in [0.717, 1.165) is 13.1 Å². The first-order valence-electron chi connectivity index (χ1n) is 4.62. The second-order valence-corrected chi connectivity index (χ2v) is 3.68. The third-order valence-corrected chi connectivity index (χ3v) is 1.67. The molecule has 0 aliphatic carbocycles. The lowest BCUT2D eigenvalue weighted by Gasteiger charge is -2.08. The molecule has 0 aromatic heterocycles. The molecule has 3 heteroatoms.